The van der Waals surface area contributed by atoms with Crippen LogP contribution in [0.15, 0.2) is 72.8 Å². The lowest BCUT2D eigenvalue weighted by atomic mass is 9.77. The summed E-state index contributed by atoms with van der Waals surface area (Å²) >= 11 is 0. The average Bonchev–Trinajstić information content (AvgIpc) is 4.10. The third-order valence-corrected chi connectivity index (χ3v) is 12.8. The van der Waals surface area contributed by atoms with Gasteiger partial charge in [0.15, 0.2) is 0 Å². The molecule has 1 aliphatic heterocycles. The summed E-state index contributed by atoms with van der Waals surface area (Å²) in [6.07, 6.45) is 13.6. The summed E-state index contributed by atoms with van der Waals surface area (Å²) in [6.45, 7) is 16.3. The number of nitrogens with zero attached hydrogens (tertiary/aromatic N) is 2. The molecule has 336 valence electrons. The molecule has 1 unspecified atom stereocenters. The Morgan fingerprint density at radius 2 is 1.38 bits per heavy atom. The standard InChI is InChI=1S/C54H68FN3O5/c1-7-9-10-13-39-16-18-41(19-17-39)43-21-23-49(50(55)33-43)48-22-20-42(30-40(48)8-2)46-31-44(14-11-28-61-52(59)37(3)4)51(45(32-46)15-12-29-62-53(60)38(5)6)63-36-54(24-26-56,25-27-57)34-47-35-58-47/h20-23,30-33,39,41,47,58H,3,5,7-19,24-25,28-29,34-36H2,1-2,4,6H3. The van der Waals surface area contributed by atoms with Gasteiger partial charge < -0.3 is 19.5 Å². The van der Waals surface area contributed by atoms with Crippen LogP contribution in [0.4, 0.5) is 4.39 Å². The molecule has 0 amide bonds. The highest BCUT2D eigenvalue weighted by atomic mass is 19.1. The topological polar surface area (TPSA) is 131 Å². The highest BCUT2D eigenvalue weighted by Gasteiger charge is 2.38. The molecule has 5 rings (SSSR count). The van der Waals surface area contributed by atoms with E-state index >= 15 is 4.39 Å². The van der Waals surface area contributed by atoms with Gasteiger partial charge in [-0.15, -0.1) is 0 Å². The van der Waals surface area contributed by atoms with Crippen LogP contribution in [0.1, 0.15) is 139 Å². The minimum atomic E-state index is -0.675. The molecule has 1 aliphatic carbocycles. The number of carbonyl (C=O) groups is 2. The van der Waals surface area contributed by atoms with Crippen molar-refractivity contribution in [2.24, 2.45) is 11.3 Å². The van der Waals surface area contributed by atoms with Crippen LogP contribution >= 0.6 is 0 Å². The number of hydrogen-bond acceptors (Lipinski definition) is 8. The van der Waals surface area contributed by atoms with Crippen molar-refractivity contribution in [3.8, 4) is 40.1 Å². The minimum absolute atomic E-state index is 0.167. The van der Waals surface area contributed by atoms with Crippen molar-refractivity contribution in [2.45, 2.75) is 142 Å². The Hall–Kier alpha value is -5.25. The van der Waals surface area contributed by atoms with Gasteiger partial charge in [-0.2, -0.15) is 10.5 Å². The lowest BCUT2D eigenvalue weighted by Gasteiger charge is -2.30. The van der Waals surface area contributed by atoms with Gasteiger partial charge in [-0.05, 0) is 147 Å². The summed E-state index contributed by atoms with van der Waals surface area (Å²) in [4.78, 5) is 24.5. The molecule has 3 aromatic rings. The fraction of sp³-hybridized carbons (Fsp3) is 0.519. The molecule has 1 atom stereocenters. The highest BCUT2D eigenvalue weighted by Crippen LogP contribution is 2.41. The monoisotopic (exact) mass is 858 g/mol. The smallest absolute Gasteiger partial charge is 0.333 e. The van der Waals surface area contributed by atoms with E-state index in [-0.39, 0.29) is 44.5 Å². The molecular weight excluding hydrogens is 790 g/mol. The van der Waals surface area contributed by atoms with Gasteiger partial charge in [-0.3, -0.25) is 0 Å². The van der Waals surface area contributed by atoms with E-state index in [0.717, 1.165) is 64.2 Å². The number of nitrogens with one attached hydrogen (secondary N) is 1. The van der Waals surface area contributed by atoms with Gasteiger partial charge in [0.1, 0.15) is 11.6 Å². The number of carbonyl (C=O) groups excluding carboxylic acids is 2. The van der Waals surface area contributed by atoms with E-state index in [1.807, 2.05) is 18.2 Å². The zero-order valence-corrected chi connectivity index (χ0v) is 38.2. The molecule has 63 heavy (non-hydrogen) atoms. The molecule has 1 saturated carbocycles. The maximum absolute atomic E-state index is 16.1. The molecular formula is C54H68FN3O5. The van der Waals surface area contributed by atoms with Crippen molar-refractivity contribution >= 4 is 11.9 Å². The number of rotatable bonds is 25. The summed E-state index contributed by atoms with van der Waals surface area (Å²) < 4.78 is 33.9. The Morgan fingerprint density at radius 3 is 1.90 bits per heavy atom. The van der Waals surface area contributed by atoms with Crippen molar-refractivity contribution in [3.63, 3.8) is 0 Å². The van der Waals surface area contributed by atoms with Gasteiger partial charge in [0.05, 0.1) is 32.0 Å². The van der Waals surface area contributed by atoms with Crippen LogP contribution in [0.5, 0.6) is 5.75 Å². The first-order valence-electron chi connectivity index (χ1n) is 23.2. The molecule has 9 heteroatoms. The number of benzene rings is 3. The highest BCUT2D eigenvalue weighted by molar-refractivity contribution is 5.87. The molecule has 1 saturated heterocycles. The van der Waals surface area contributed by atoms with Crippen molar-refractivity contribution in [2.75, 3.05) is 26.4 Å². The van der Waals surface area contributed by atoms with Gasteiger partial charge in [0.25, 0.3) is 0 Å². The lowest BCUT2D eigenvalue weighted by molar-refractivity contribution is -0.139. The predicted molar refractivity (Wildman–Crippen MR) is 248 cm³/mol. The molecule has 0 radical (unpaired) electrons. The summed E-state index contributed by atoms with van der Waals surface area (Å²) in [7, 11) is 0. The Morgan fingerprint density at radius 1 is 0.794 bits per heavy atom. The van der Waals surface area contributed by atoms with Crippen LogP contribution in [0, 0.1) is 39.8 Å². The first-order chi connectivity index (χ1) is 30.4. The van der Waals surface area contributed by atoms with Crippen molar-refractivity contribution in [1.82, 2.24) is 5.32 Å². The van der Waals surface area contributed by atoms with Gasteiger partial charge >= 0.3 is 11.9 Å². The second kappa shape index (κ2) is 24.0. The fourth-order valence-corrected chi connectivity index (χ4v) is 9.06. The van der Waals surface area contributed by atoms with Crippen molar-refractivity contribution < 1.29 is 28.2 Å². The quantitative estimate of drug-likeness (QED) is 0.0386. The number of nitriles is 2. The molecule has 8 nitrogen and oxygen atoms in total. The Labute approximate surface area is 375 Å². The zero-order chi connectivity index (χ0) is 45.4. The largest absolute Gasteiger partial charge is 0.492 e. The van der Waals surface area contributed by atoms with E-state index in [0.29, 0.717) is 66.9 Å². The van der Waals surface area contributed by atoms with Gasteiger partial charge in [-0.1, -0.05) is 83.0 Å². The number of halogens is 1. The first-order valence-corrected chi connectivity index (χ1v) is 23.2. The lowest BCUT2D eigenvalue weighted by Crippen LogP contribution is -2.31. The summed E-state index contributed by atoms with van der Waals surface area (Å²) in [5, 5.41) is 23.1. The SMILES string of the molecule is C=C(C)C(=O)OCCCc1cc(-c2ccc(-c3ccc(C4CCC(CCCCC)CC4)cc3F)c(CC)c2)cc(CCCOC(=O)C(=C)C)c1OCC(CC#N)(CC#N)CC1CN1. The normalized spacial score (nSPS) is 17.0. The Kier molecular flexibility index (Phi) is 18.6. The van der Waals surface area contributed by atoms with E-state index in [1.54, 1.807) is 19.9 Å². The van der Waals surface area contributed by atoms with Crippen LogP contribution in [-0.2, 0) is 38.3 Å². The second-order valence-corrected chi connectivity index (χ2v) is 18.1. The molecule has 1 N–H and O–H groups in total. The zero-order valence-electron chi connectivity index (χ0n) is 38.2. The fourth-order valence-electron chi connectivity index (χ4n) is 9.06. The predicted octanol–water partition coefficient (Wildman–Crippen LogP) is 12.2. The van der Waals surface area contributed by atoms with E-state index in [9.17, 15) is 20.1 Å². The Balaban J connectivity index is 1.48. The maximum atomic E-state index is 16.1. The number of unbranched alkanes of at least 4 members (excludes halogenated alkanes) is 2. The number of esters is 2. The molecule has 0 spiro atoms. The minimum Gasteiger partial charge on any atom is -0.492 e. The molecule has 0 aromatic heterocycles. The maximum Gasteiger partial charge on any atom is 0.333 e. The molecule has 2 aliphatic rings. The van der Waals surface area contributed by atoms with E-state index in [1.165, 1.54) is 38.5 Å². The van der Waals surface area contributed by atoms with Crippen LogP contribution < -0.4 is 10.1 Å². The van der Waals surface area contributed by atoms with E-state index in [2.05, 4.69) is 68.7 Å². The summed E-state index contributed by atoms with van der Waals surface area (Å²) in [6, 6.07) is 21.1. The second-order valence-electron chi connectivity index (χ2n) is 18.1. The third kappa shape index (κ3) is 14.1. The van der Waals surface area contributed by atoms with Crippen LogP contribution in [0.2, 0.25) is 0 Å². The molecule has 3 aromatic carbocycles. The average molecular weight is 858 g/mol. The first kappa shape index (κ1) is 48.8. The van der Waals surface area contributed by atoms with E-state index < -0.39 is 17.4 Å². The van der Waals surface area contributed by atoms with Crippen molar-refractivity contribution in [1.29, 1.82) is 10.5 Å². The number of ether oxygens (including phenoxy) is 3. The summed E-state index contributed by atoms with van der Waals surface area (Å²) in [5.74, 6) is 0.770. The number of hydrogen-bond donors (Lipinski definition) is 1. The van der Waals surface area contributed by atoms with Gasteiger partial charge in [-0.25, -0.2) is 14.0 Å². The van der Waals surface area contributed by atoms with Crippen LogP contribution in [-0.4, -0.2) is 44.3 Å². The van der Waals surface area contributed by atoms with E-state index in [4.69, 9.17) is 14.2 Å². The number of aryl methyl sites for hydroxylation is 3. The summed E-state index contributed by atoms with van der Waals surface area (Å²) in [5.41, 5.74) is 7.27. The van der Waals surface area contributed by atoms with Crippen LogP contribution in [0.25, 0.3) is 22.3 Å². The van der Waals surface area contributed by atoms with Crippen LogP contribution in [0.3, 0.4) is 0 Å². The third-order valence-electron chi connectivity index (χ3n) is 12.8. The van der Waals surface area contributed by atoms with Gasteiger partial charge in [0.2, 0.25) is 0 Å². The molecule has 2 fully saturated rings. The Bertz CT molecular complexity index is 2080. The molecule has 0 bridgehead atoms. The molecule has 1 heterocycles. The van der Waals surface area contributed by atoms with Gasteiger partial charge in [0, 0.05) is 47.6 Å². The van der Waals surface area contributed by atoms with Crippen molar-refractivity contribution in [3.05, 3.63) is 101 Å².